The van der Waals surface area contributed by atoms with Crippen molar-refractivity contribution in [2.45, 2.75) is 25.1 Å². The number of aromatic nitrogens is 1. The highest BCUT2D eigenvalue weighted by atomic mass is 32.2. The van der Waals surface area contributed by atoms with Crippen LogP contribution in [-0.4, -0.2) is 34.4 Å². The molecule has 2 unspecified atom stereocenters. The Balaban J connectivity index is 2.36. The topological polar surface area (TPSA) is 66.0 Å². The van der Waals surface area contributed by atoms with Crippen LogP contribution in [0.3, 0.4) is 0 Å². The van der Waals surface area contributed by atoms with Crippen molar-refractivity contribution < 1.29 is 0 Å². The molecule has 0 amide bonds. The number of thioether (sulfide) groups is 1. The first-order chi connectivity index (χ1) is 8.11. The van der Waals surface area contributed by atoms with Crippen LogP contribution in [0.4, 0.5) is 5.69 Å². The standard InChI is InChI=1S/C12H18N4S/c1-8-9(2)17-7-6-16(8)10-4-3-5-15-11(10)12(13)14/h3-5,8-9H,6-7H2,1-2H3,(H3,13,14). The zero-order valence-electron chi connectivity index (χ0n) is 10.2. The molecule has 4 nitrogen and oxygen atoms in total. The minimum Gasteiger partial charge on any atom is -0.382 e. The summed E-state index contributed by atoms with van der Waals surface area (Å²) >= 11 is 1.99. The molecule has 5 heteroatoms. The van der Waals surface area contributed by atoms with Gasteiger partial charge in [-0.2, -0.15) is 11.8 Å². The average molecular weight is 250 g/mol. The van der Waals surface area contributed by atoms with Gasteiger partial charge in [0.25, 0.3) is 0 Å². The third kappa shape index (κ3) is 2.39. The fourth-order valence-corrected chi connectivity index (χ4v) is 3.21. The van der Waals surface area contributed by atoms with Gasteiger partial charge in [-0.15, -0.1) is 0 Å². The molecule has 1 aromatic heterocycles. The molecule has 3 N–H and O–H groups in total. The van der Waals surface area contributed by atoms with Crippen LogP contribution in [0.15, 0.2) is 18.3 Å². The molecule has 0 aromatic carbocycles. The third-order valence-corrected chi connectivity index (χ3v) is 4.57. The molecule has 17 heavy (non-hydrogen) atoms. The first kappa shape index (κ1) is 12.2. The maximum atomic E-state index is 7.59. The third-order valence-electron chi connectivity index (χ3n) is 3.23. The first-order valence-electron chi connectivity index (χ1n) is 5.79. The van der Waals surface area contributed by atoms with E-state index in [2.05, 4.69) is 23.7 Å². The Labute approximate surface area is 106 Å². The van der Waals surface area contributed by atoms with Gasteiger partial charge in [0.15, 0.2) is 0 Å². The van der Waals surface area contributed by atoms with Gasteiger partial charge < -0.3 is 10.6 Å². The van der Waals surface area contributed by atoms with E-state index in [4.69, 9.17) is 11.1 Å². The molecule has 2 heterocycles. The molecule has 1 aliphatic rings. The minimum absolute atomic E-state index is 0.0404. The molecule has 1 saturated heterocycles. The summed E-state index contributed by atoms with van der Waals surface area (Å²) in [5.41, 5.74) is 7.17. The Morgan fingerprint density at radius 2 is 2.35 bits per heavy atom. The van der Waals surface area contributed by atoms with Crippen LogP contribution in [0, 0.1) is 5.41 Å². The Kier molecular flexibility index (Phi) is 3.57. The molecule has 0 aliphatic carbocycles. The van der Waals surface area contributed by atoms with Gasteiger partial charge in [0.05, 0.1) is 5.69 Å². The predicted molar refractivity (Wildman–Crippen MR) is 74.0 cm³/mol. The number of nitrogen functional groups attached to an aromatic ring is 1. The molecule has 92 valence electrons. The molecule has 0 bridgehead atoms. The van der Waals surface area contributed by atoms with Gasteiger partial charge in [0.2, 0.25) is 0 Å². The van der Waals surface area contributed by atoms with Crippen molar-refractivity contribution >= 4 is 23.3 Å². The van der Waals surface area contributed by atoms with Crippen LogP contribution in [0.25, 0.3) is 0 Å². The van der Waals surface area contributed by atoms with Crippen molar-refractivity contribution in [2.24, 2.45) is 5.73 Å². The largest absolute Gasteiger partial charge is 0.382 e. The Morgan fingerprint density at radius 3 is 3.06 bits per heavy atom. The molecule has 2 rings (SSSR count). The molecule has 0 spiro atoms. The fourth-order valence-electron chi connectivity index (χ4n) is 2.11. The van der Waals surface area contributed by atoms with Gasteiger partial charge >= 0.3 is 0 Å². The zero-order valence-corrected chi connectivity index (χ0v) is 11.0. The van der Waals surface area contributed by atoms with Crippen molar-refractivity contribution in [3.8, 4) is 0 Å². The maximum Gasteiger partial charge on any atom is 0.143 e. The van der Waals surface area contributed by atoms with Gasteiger partial charge in [-0.05, 0) is 19.1 Å². The van der Waals surface area contributed by atoms with E-state index >= 15 is 0 Å². The molecule has 0 saturated carbocycles. The van der Waals surface area contributed by atoms with E-state index in [0.29, 0.717) is 17.0 Å². The number of hydrogen-bond acceptors (Lipinski definition) is 4. The molecular formula is C12H18N4S. The fraction of sp³-hybridized carbons (Fsp3) is 0.500. The lowest BCUT2D eigenvalue weighted by atomic mass is 10.1. The second-order valence-electron chi connectivity index (χ2n) is 4.29. The van der Waals surface area contributed by atoms with Crippen molar-refractivity contribution in [2.75, 3.05) is 17.2 Å². The SMILES string of the molecule is CC1SCCN(c2cccnc2C(=N)N)C1C. The molecular weight excluding hydrogens is 232 g/mol. The lowest BCUT2D eigenvalue weighted by Crippen LogP contribution is -2.45. The number of hydrogen-bond donors (Lipinski definition) is 2. The lowest BCUT2D eigenvalue weighted by molar-refractivity contribution is 0.626. The molecule has 1 aromatic rings. The first-order valence-corrected chi connectivity index (χ1v) is 6.84. The monoisotopic (exact) mass is 250 g/mol. The highest BCUT2D eigenvalue weighted by Crippen LogP contribution is 2.30. The van der Waals surface area contributed by atoms with E-state index in [1.807, 2.05) is 23.9 Å². The molecule has 1 fully saturated rings. The number of nitrogens with zero attached hydrogens (tertiary/aromatic N) is 2. The highest BCUT2D eigenvalue weighted by Gasteiger charge is 2.27. The predicted octanol–water partition coefficient (Wildman–Crippen LogP) is 1.70. The Hall–Kier alpha value is -1.23. The number of amidine groups is 1. The van der Waals surface area contributed by atoms with E-state index in [1.165, 1.54) is 0 Å². The summed E-state index contributed by atoms with van der Waals surface area (Å²) in [4.78, 5) is 6.53. The van der Waals surface area contributed by atoms with E-state index in [0.717, 1.165) is 18.0 Å². The van der Waals surface area contributed by atoms with Gasteiger partial charge in [-0.25, -0.2) is 0 Å². The van der Waals surface area contributed by atoms with Gasteiger partial charge in [0, 0.05) is 29.8 Å². The van der Waals surface area contributed by atoms with E-state index in [1.54, 1.807) is 6.20 Å². The minimum atomic E-state index is 0.0404. The summed E-state index contributed by atoms with van der Waals surface area (Å²) in [6.45, 7) is 5.45. The van der Waals surface area contributed by atoms with E-state index in [9.17, 15) is 0 Å². The number of nitrogens with one attached hydrogen (secondary N) is 1. The number of pyridine rings is 1. The smallest absolute Gasteiger partial charge is 0.143 e. The van der Waals surface area contributed by atoms with Gasteiger partial charge in [0.1, 0.15) is 11.5 Å². The van der Waals surface area contributed by atoms with Crippen molar-refractivity contribution in [1.29, 1.82) is 5.41 Å². The number of anilines is 1. The van der Waals surface area contributed by atoms with Crippen LogP contribution in [0.5, 0.6) is 0 Å². The van der Waals surface area contributed by atoms with E-state index in [-0.39, 0.29) is 5.84 Å². The Morgan fingerprint density at radius 1 is 1.59 bits per heavy atom. The second-order valence-corrected chi connectivity index (χ2v) is 5.78. The molecule has 2 atom stereocenters. The van der Waals surface area contributed by atoms with Crippen molar-refractivity contribution in [1.82, 2.24) is 4.98 Å². The molecule has 1 aliphatic heterocycles. The lowest BCUT2D eigenvalue weighted by Gasteiger charge is -2.39. The Bertz CT molecular complexity index is 421. The maximum absolute atomic E-state index is 7.59. The van der Waals surface area contributed by atoms with Crippen LogP contribution in [0.1, 0.15) is 19.5 Å². The van der Waals surface area contributed by atoms with Crippen LogP contribution in [0.2, 0.25) is 0 Å². The zero-order chi connectivity index (χ0) is 12.4. The van der Waals surface area contributed by atoms with Crippen LogP contribution in [-0.2, 0) is 0 Å². The van der Waals surface area contributed by atoms with Crippen LogP contribution >= 0.6 is 11.8 Å². The van der Waals surface area contributed by atoms with Gasteiger partial charge in [-0.3, -0.25) is 10.4 Å². The summed E-state index contributed by atoms with van der Waals surface area (Å²) < 4.78 is 0. The summed E-state index contributed by atoms with van der Waals surface area (Å²) in [7, 11) is 0. The molecule has 0 radical (unpaired) electrons. The quantitative estimate of drug-likeness (QED) is 0.619. The summed E-state index contributed by atoms with van der Waals surface area (Å²) in [5.74, 6) is 1.15. The average Bonchev–Trinajstić information content (AvgIpc) is 2.33. The summed E-state index contributed by atoms with van der Waals surface area (Å²) in [6.07, 6.45) is 1.69. The van der Waals surface area contributed by atoms with Gasteiger partial charge in [-0.1, -0.05) is 6.92 Å². The number of nitrogens with two attached hydrogens (primary N) is 1. The second kappa shape index (κ2) is 4.96. The van der Waals surface area contributed by atoms with E-state index < -0.39 is 0 Å². The summed E-state index contributed by atoms with van der Waals surface area (Å²) in [5, 5.41) is 8.18. The van der Waals surface area contributed by atoms with Crippen molar-refractivity contribution in [3.63, 3.8) is 0 Å². The highest BCUT2D eigenvalue weighted by molar-refractivity contribution is 8.00. The van der Waals surface area contributed by atoms with Crippen LogP contribution < -0.4 is 10.6 Å². The normalized spacial score (nSPS) is 24.7. The number of rotatable bonds is 2. The summed E-state index contributed by atoms with van der Waals surface area (Å²) in [6, 6.07) is 4.35. The van der Waals surface area contributed by atoms with Crippen molar-refractivity contribution in [3.05, 3.63) is 24.0 Å².